The molecule has 2 atom stereocenters. The summed E-state index contributed by atoms with van der Waals surface area (Å²) in [4.78, 5) is 26.6. The minimum Gasteiger partial charge on any atom is -0.473 e. The number of nitriles is 1. The maximum atomic E-state index is 14.3. The summed E-state index contributed by atoms with van der Waals surface area (Å²) in [6, 6.07) is 15.4. The van der Waals surface area contributed by atoms with Gasteiger partial charge in [0.25, 0.3) is 0 Å². The Bertz CT molecular complexity index is 1720. The molecule has 4 heterocycles. The fourth-order valence-electron chi connectivity index (χ4n) is 5.47. The van der Waals surface area contributed by atoms with E-state index in [4.69, 9.17) is 24.5 Å². The van der Waals surface area contributed by atoms with Crippen molar-refractivity contribution in [3.8, 4) is 11.9 Å². The number of carbonyl (C=O) groups excluding carboxylic acids is 1. The number of rotatable bonds is 10. The number of esters is 1. The number of carbonyl (C=O) groups is 1. The zero-order valence-electron chi connectivity index (χ0n) is 24.0. The van der Waals surface area contributed by atoms with Gasteiger partial charge < -0.3 is 18.8 Å². The van der Waals surface area contributed by atoms with Crippen LogP contribution in [-0.4, -0.2) is 44.8 Å². The van der Waals surface area contributed by atoms with Crippen LogP contribution in [-0.2, 0) is 29.0 Å². The van der Waals surface area contributed by atoms with Crippen molar-refractivity contribution < 1.29 is 23.4 Å². The fraction of sp³-hybridized carbons (Fsp3) is 0.364. The van der Waals surface area contributed by atoms with Crippen LogP contribution in [0.15, 0.2) is 54.6 Å². The number of hydrogen-bond acceptors (Lipinski definition) is 8. The number of halogens is 1. The Morgan fingerprint density at radius 1 is 1.16 bits per heavy atom. The number of allylic oxidation sites excluding steroid dienone is 2. The van der Waals surface area contributed by atoms with E-state index in [1.165, 1.54) is 6.07 Å². The van der Waals surface area contributed by atoms with E-state index in [0.717, 1.165) is 61.3 Å². The van der Waals surface area contributed by atoms with Gasteiger partial charge in [-0.15, -0.1) is 0 Å². The Labute approximate surface area is 249 Å². The first kappa shape index (κ1) is 28.5. The molecule has 1 fully saturated rings. The molecule has 10 heteroatoms. The number of nitrogens with zero attached hydrogens (tertiary/aromatic N) is 5. The molecule has 0 N–H and O–H groups in total. The number of pyridine rings is 2. The van der Waals surface area contributed by atoms with Gasteiger partial charge in [-0.3, -0.25) is 0 Å². The van der Waals surface area contributed by atoms with E-state index in [1.807, 2.05) is 24.3 Å². The Hall–Kier alpha value is -4.62. The van der Waals surface area contributed by atoms with E-state index in [-0.39, 0.29) is 24.0 Å². The molecule has 1 aliphatic carbocycles. The number of ether oxygens (including phenoxy) is 3. The lowest BCUT2D eigenvalue weighted by Crippen LogP contribution is -2.32. The topological polar surface area (TPSA) is 112 Å². The fourth-order valence-corrected chi connectivity index (χ4v) is 5.47. The van der Waals surface area contributed by atoms with Crippen molar-refractivity contribution >= 4 is 22.7 Å². The van der Waals surface area contributed by atoms with Crippen LogP contribution in [0.4, 0.5) is 4.39 Å². The van der Waals surface area contributed by atoms with Gasteiger partial charge in [0.05, 0.1) is 36.6 Å². The monoisotopic (exact) mass is 581 g/mol. The van der Waals surface area contributed by atoms with Gasteiger partial charge in [0.2, 0.25) is 5.88 Å². The predicted molar refractivity (Wildman–Crippen MR) is 157 cm³/mol. The van der Waals surface area contributed by atoms with Crippen molar-refractivity contribution in [3.05, 3.63) is 88.8 Å². The largest absolute Gasteiger partial charge is 0.473 e. The number of imidazole rings is 1. The smallest absolute Gasteiger partial charge is 0.357 e. The van der Waals surface area contributed by atoms with Crippen LogP contribution < -0.4 is 4.74 Å². The van der Waals surface area contributed by atoms with Crippen LogP contribution in [0.2, 0.25) is 0 Å². The summed E-state index contributed by atoms with van der Waals surface area (Å²) < 4.78 is 33.0. The lowest BCUT2D eigenvalue weighted by molar-refractivity contribution is -0.0591. The summed E-state index contributed by atoms with van der Waals surface area (Å²) >= 11 is 0. The van der Waals surface area contributed by atoms with Crippen LogP contribution in [0.25, 0.3) is 16.7 Å². The highest BCUT2D eigenvalue weighted by molar-refractivity contribution is 5.89. The normalized spacial score (nSPS) is 18.0. The molecule has 220 valence electrons. The molecule has 1 unspecified atom stereocenters. The molecule has 3 aromatic heterocycles. The van der Waals surface area contributed by atoms with Gasteiger partial charge in [-0.05, 0) is 74.4 Å². The standard InChI is InChI=1S/C33H32FN5O4/c1-2-41-33(40)29-13-12-28-32(38-29)39(19-25-14-15-42-25)30(36-28)17-21-6-9-23(10-7-21)27-4-3-5-31(37-27)43-20-24-11-8-22(18-35)16-26(24)34/h3-5,8-9,11-13,16,21,25H,2,6-7,10,14-15,17,19-20H2,1H3/t21?,25-/m0/s1. The highest BCUT2D eigenvalue weighted by Crippen LogP contribution is 2.33. The average Bonchev–Trinajstić information content (AvgIpc) is 3.34. The van der Waals surface area contributed by atoms with E-state index in [1.54, 1.807) is 31.2 Å². The molecule has 2 aliphatic rings. The van der Waals surface area contributed by atoms with E-state index in [2.05, 4.69) is 20.6 Å². The van der Waals surface area contributed by atoms with Crippen LogP contribution in [0.3, 0.4) is 0 Å². The van der Waals surface area contributed by atoms with Crippen LogP contribution >= 0.6 is 0 Å². The van der Waals surface area contributed by atoms with Crippen molar-refractivity contribution in [2.75, 3.05) is 13.2 Å². The van der Waals surface area contributed by atoms with E-state index >= 15 is 0 Å². The first-order valence-corrected chi connectivity index (χ1v) is 14.6. The molecule has 1 saturated heterocycles. The molecule has 6 rings (SSSR count). The van der Waals surface area contributed by atoms with Gasteiger partial charge in [0, 0.05) is 24.7 Å². The second-order valence-electron chi connectivity index (χ2n) is 10.8. The summed E-state index contributed by atoms with van der Waals surface area (Å²) in [5.41, 5.74) is 4.37. The maximum Gasteiger partial charge on any atom is 0.357 e. The van der Waals surface area contributed by atoms with Gasteiger partial charge in [-0.1, -0.05) is 18.2 Å². The molecule has 1 aliphatic heterocycles. The Morgan fingerprint density at radius 3 is 2.77 bits per heavy atom. The average molecular weight is 582 g/mol. The Morgan fingerprint density at radius 2 is 2.05 bits per heavy atom. The van der Waals surface area contributed by atoms with Crippen molar-refractivity contribution in [2.45, 2.75) is 58.3 Å². The summed E-state index contributed by atoms with van der Waals surface area (Å²) in [5, 5.41) is 8.94. The molecule has 0 spiro atoms. The van der Waals surface area contributed by atoms with E-state index in [9.17, 15) is 9.18 Å². The molecular weight excluding hydrogens is 549 g/mol. The van der Waals surface area contributed by atoms with Crippen molar-refractivity contribution in [3.63, 3.8) is 0 Å². The first-order chi connectivity index (χ1) is 21.0. The third kappa shape index (κ3) is 6.42. The van der Waals surface area contributed by atoms with E-state index < -0.39 is 11.8 Å². The zero-order valence-corrected chi connectivity index (χ0v) is 24.0. The second-order valence-corrected chi connectivity index (χ2v) is 10.8. The SMILES string of the molecule is CCOC(=O)c1ccc2nc(CC3CC=C(c4cccc(OCc5ccc(C#N)cc5F)n4)CC3)n(C[C@@H]3CCO3)c2n1. The van der Waals surface area contributed by atoms with Crippen molar-refractivity contribution in [2.24, 2.45) is 5.92 Å². The zero-order chi connectivity index (χ0) is 29.8. The van der Waals surface area contributed by atoms with Gasteiger partial charge in [-0.2, -0.15) is 5.26 Å². The predicted octanol–water partition coefficient (Wildman–Crippen LogP) is 5.81. The number of benzene rings is 1. The summed E-state index contributed by atoms with van der Waals surface area (Å²) in [6.45, 7) is 3.51. The molecule has 9 nitrogen and oxygen atoms in total. The van der Waals surface area contributed by atoms with Crippen LogP contribution in [0.5, 0.6) is 5.88 Å². The molecule has 4 aromatic rings. The lowest BCUT2D eigenvalue weighted by atomic mass is 9.86. The molecule has 0 amide bonds. The Kier molecular flexibility index (Phi) is 8.43. The van der Waals surface area contributed by atoms with Gasteiger partial charge in [0.1, 0.15) is 23.8 Å². The van der Waals surface area contributed by atoms with Crippen molar-refractivity contribution in [1.29, 1.82) is 5.26 Å². The van der Waals surface area contributed by atoms with Gasteiger partial charge in [0.15, 0.2) is 11.3 Å². The van der Waals surface area contributed by atoms with Gasteiger partial charge in [-0.25, -0.2) is 24.1 Å². The summed E-state index contributed by atoms with van der Waals surface area (Å²) in [6.07, 6.45) is 6.85. The highest BCUT2D eigenvalue weighted by Gasteiger charge is 2.25. The molecule has 1 aromatic carbocycles. The van der Waals surface area contributed by atoms with Crippen LogP contribution in [0, 0.1) is 23.1 Å². The third-order valence-corrected chi connectivity index (χ3v) is 7.94. The lowest BCUT2D eigenvalue weighted by Gasteiger charge is -2.28. The molecule has 0 saturated carbocycles. The minimum atomic E-state index is -0.472. The maximum absolute atomic E-state index is 14.3. The highest BCUT2D eigenvalue weighted by atomic mass is 19.1. The first-order valence-electron chi connectivity index (χ1n) is 14.6. The molecule has 43 heavy (non-hydrogen) atoms. The van der Waals surface area contributed by atoms with Crippen molar-refractivity contribution in [1.82, 2.24) is 19.5 Å². The van der Waals surface area contributed by atoms with Crippen LogP contribution in [0.1, 0.15) is 65.7 Å². The number of fused-ring (bicyclic) bond motifs is 1. The second kappa shape index (κ2) is 12.7. The molecule has 0 bridgehead atoms. The third-order valence-electron chi connectivity index (χ3n) is 7.94. The molecule has 0 radical (unpaired) electrons. The number of hydrogen-bond donors (Lipinski definition) is 0. The minimum absolute atomic E-state index is 0.0259. The Balaban J connectivity index is 1.14. The summed E-state index contributed by atoms with van der Waals surface area (Å²) in [5.74, 6) is 0.855. The molecular formula is C33H32FN5O4. The van der Waals surface area contributed by atoms with E-state index in [0.29, 0.717) is 36.2 Å². The summed E-state index contributed by atoms with van der Waals surface area (Å²) in [7, 11) is 0. The number of aromatic nitrogens is 4. The van der Waals surface area contributed by atoms with Gasteiger partial charge >= 0.3 is 5.97 Å². The quantitative estimate of drug-likeness (QED) is 0.216.